The molecule has 0 aliphatic heterocycles. The van der Waals surface area contributed by atoms with E-state index in [1.165, 1.54) is 12.1 Å². The Kier molecular flexibility index (Phi) is 6.33. The van der Waals surface area contributed by atoms with Crippen molar-refractivity contribution in [2.75, 3.05) is 16.4 Å². The molecule has 5 aromatic rings. The Bertz CT molecular complexity index is 1620. The molecule has 0 atom stereocenters. The Hall–Kier alpha value is -5.07. The van der Waals surface area contributed by atoms with Crippen LogP contribution in [0.2, 0.25) is 0 Å². The maximum absolute atomic E-state index is 13.3. The molecule has 0 saturated heterocycles. The number of nitrogens with two attached hydrogens (primary N) is 1. The van der Waals surface area contributed by atoms with Gasteiger partial charge in [0.2, 0.25) is 0 Å². The number of fused-ring (bicyclic) bond motifs is 1. The fourth-order valence-corrected chi connectivity index (χ4v) is 3.61. The minimum atomic E-state index is -4.70. The first-order valence-corrected chi connectivity index (χ1v) is 11.1. The van der Waals surface area contributed by atoms with E-state index in [2.05, 4.69) is 35.8 Å². The number of anilines is 3. The largest absolute Gasteiger partial charge is 0.417 e. The van der Waals surface area contributed by atoms with Gasteiger partial charge in [-0.3, -0.25) is 14.9 Å². The quantitative estimate of drug-likeness (QED) is 0.230. The van der Waals surface area contributed by atoms with Crippen LogP contribution in [0.1, 0.15) is 21.5 Å². The van der Waals surface area contributed by atoms with Gasteiger partial charge in [-0.1, -0.05) is 6.07 Å². The summed E-state index contributed by atoms with van der Waals surface area (Å²) in [4.78, 5) is 25.3. The third kappa shape index (κ3) is 5.21. The van der Waals surface area contributed by atoms with Gasteiger partial charge in [0.15, 0.2) is 5.65 Å². The number of pyridine rings is 3. The average Bonchev–Trinajstić information content (AvgIpc) is 3.28. The van der Waals surface area contributed by atoms with Crippen LogP contribution >= 0.6 is 0 Å². The summed E-state index contributed by atoms with van der Waals surface area (Å²) in [7, 11) is 0. The van der Waals surface area contributed by atoms with Crippen molar-refractivity contribution in [3.8, 4) is 11.3 Å². The molecule has 0 spiro atoms. The molecule has 1 aromatic carbocycles. The number of carbonyl (C=O) groups is 1. The summed E-state index contributed by atoms with van der Waals surface area (Å²) in [5.41, 5.74) is 7.16. The lowest BCUT2D eigenvalue weighted by Crippen LogP contribution is -2.18. The van der Waals surface area contributed by atoms with Gasteiger partial charge >= 0.3 is 6.18 Å². The van der Waals surface area contributed by atoms with Gasteiger partial charge in [-0.25, -0.2) is 14.4 Å². The Morgan fingerprint density at radius 1 is 0.974 bits per heavy atom. The van der Waals surface area contributed by atoms with E-state index in [0.29, 0.717) is 45.9 Å². The van der Waals surface area contributed by atoms with Crippen molar-refractivity contribution >= 4 is 34.3 Å². The van der Waals surface area contributed by atoms with E-state index >= 15 is 0 Å². The van der Waals surface area contributed by atoms with Crippen molar-refractivity contribution in [2.24, 2.45) is 0 Å². The van der Waals surface area contributed by atoms with E-state index in [4.69, 9.17) is 5.73 Å². The number of amides is 1. The zero-order valence-corrected chi connectivity index (χ0v) is 19.3. The number of alkyl halides is 3. The van der Waals surface area contributed by atoms with Gasteiger partial charge in [-0.2, -0.15) is 18.3 Å². The van der Waals surface area contributed by atoms with Gasteiger partial charge in [0.25, 0.3) is 5.91 Å². The van der Waals surface area contributed by atoms with Crippen LogP contribution in [0.3, 0.4) is 0 Å². The molecule has 13 heteroatoms. The number of benzene rings is 1. The number of nitrogens with one attached hydrogen (secondary N) is 3. The second-order valence-corrected chi connectivity index (χ2v) is 8.22. The highest BCUT2D eigenvalue weighted by Gasteiger charge is 2.32. The van der Waals surface area contributed by atoms with Crippen molar-refractivity contribution in [3.63, 3.8) is 0 Å². The molecule has 0 bridgehead atoms. The highest BCUT2D eigenvalue weighted by Crippen LogP contribution is 2.31. The second kappa shape index (κ2) is 9.76. The fraction of sp³-hybridized carbons (Fsp3) is 0.0800. The lowest BCUT2D eigenvalue weighted by atomic mass is 10.1. The zero-order valence-electron chi connectivity index (χ0n) is 19.3. The molecule has 0 radical (unpaired) electrons. The van der Waals surface area contributed by atoms with Crippen LogP contribution < -0.4 is 16.4 Å². The molecule has 4 aromatic heterocycles. The Balaban J connectivity index is 1.35. The number of rotatable bonds is 6. The molecule has 0 saturated carbocycles. The Morgan fingerprint density at radius 3 is 2.47 bits per heavy atom. The molecule has 9 nitrogen and oxygen atoms in total. The predicted molar refractivity (Wildman–Crippen MR) is 132 cm³/mol. The topological polar surface area (TPSA) is 134 Å². The molecule has 0 aliphatic carbocycles. The number of hydrogen-bond acceptors (Lipinski definition) is 7. The number of nitrogen functional groups attached to an aromatic ring is 1. The van der Waals surface area contributed by atoms with Crippen LogP contribution in [0.4, 0.5) is 34.9 Å². The van der Waals surface area contributed by atoms with E-state index < -0.39 is 23.5 Å². The third-order valence-electron chi connectivity index (χ3n) is 5.58. The second-order valence-electron chi connectivity index (χ2n) is 8.22. The van der Waals surface area contributed by atoms with Crippen molar-refractivity contribution in [1.29, 1.82) is 0 Å². The van der Waals surface area contributed by atoms with Crippen LogP contribution in [0.5, 0.6) is 0 Å². The predicted octanol–water partition coefficient (Wildman–Crippen LogP) is 5.02. The molecule has 4 heterocycles. The number of aromatic amines is 1. The fourth-order valence-electron chi connectivity index (χ4n) is 3.61. The standard InChI is InChI=1S/C25H18F4N8O/c26-16-2-4-17(5-3-16)35-24(38)19-8-15(25(27,28)29)12-34-22(19)32-10-13-1-6-20(31-9-13)14-7-18-21(30)36-37-23(18)33-11-14/h1-9,11-12H,10H2,(H,32,34)(H,35,38)(H3,30,33,36,37). The number of aromatic nitrogens is 5. The van der Waals surface area contributed by atoms with E-state index in [-0.39, 0.29) is 23.6 Å². The van der Waals surface area contributed by atoms with Crippen LogP contribution in [0.25, 0.3) is 22.3 Å². The van der Waals surface area contributed by atoms with E-state index in [1.54, 1.807) is 30.6 Å². The smallest absolute Gasteiger partial charge is 0.384 e. The molecule has 0 aliphatic rings. The number of hydrogen-bond donors (Lipinski definition) is 4. The highest BCUT2D eigenvalue weighted by atomic mass is 19.4. The Labute approximate surface area is 212 Å². The minimum Gasteiger partial charge on any atom is -0.384 e. The molecular weight excluding hydrogens is 504 g/mol. The van der Waals surface area contributed by atoms with Gasteiger partial charge < -0.3 is 16.4 Å². The van der Waals surface area contributed by atoms with E-state index in [9.17, 15) is 22.4 Å². The van der Waals surface area contributed by atoms with Gasteiger partial charge in [-0.15, -0.1) is 0 Å². The lowest BCUT2D eigenvalue weighted by Gasteiger charge is -2.14. The number of halogens is 4. The van der Waals surface area contributed by atoms with Crippen molar-refractivity contribution in [2.45, 2.75) is 12.7 Å². The summed E-state index contributed by atoms with van der Waals surface area (Å²) in [5, 5.41) is 12.7. The summed E-state index contributed by atoms with van der Waals surface area (Å²) in [5.74, 6) is -1.04. The number of H-pyrrole nitrogens is 1. The van der Waals surface area contributed by atoms with Crippen LogP contribution in [-0.4, -0.2) is 31.1 Å². The number of carbonyl (C=O) groups excluding carboxylic acids is 1. The van der Waals surface area contributed by atoms with Crippen molar-refractivity contribution < 1.29 is 22.4 Å². The first-order valence-electron chi connectivity index (χ1n) is 11.1. The molecule has 0 fully saturated rings. The maximum Gasteiger partial charge on any atom is 0.417 e. The molecule has 192 valence electrons. The Morgan fingerprint density at radius 2 is 1.76 bits per heavy atom. The molecule has 38 heavy (non-hydrogen) atoms. The normalized spacial score (nSPS) is 11.5. The maximum atomic E-state index is 13.3. The average molecular weight is 522 g/mol. The number of nitrogens with zero attached hydrogens (tertiary/aromatic N) is 4. The summed E-state index contributed by atoms with van der Waals surface area (Å²) in [6.45, 7) is 0.119. The zero-order chi connectivity index (χ0) is 26.9. The first-order chi connectivity index (χ1) is 18.2. The van der Waals surface area contributed by atoms with E-state index in [0.717, 1.165) is 12.1 Å². The molecule has 5 rings (SSSR count). The van der Waals surface area contributed by atoms with Gasteiger partial charge in [0.1, 0.15) is 17.5 Å². The first kappa shape index (κ1) is 24.6. The summed E-state index contributed by atoms with van der Waals surface area (Å²) >= 11 is 0. The third-order valence-corrected chi connectivity index (χ3v) is 5.58. The van der Waals surface area contributed by atoms with Crippen molar-refractivity contribution in [1.82, 2.24) is 25.1 Å². The highest BCUT2D eigenvalue weighted by molar-refractivity contribution is 6.07. The SMILES string of the molecule is Nc1[nH]nc2ncc(-c3ccc(CNc4ncc(C(F)(F)F)cc4C(=O)Nc4ccc(F)cc4)cn3)cc12. The van der Waals surface area contributed by atoms with Crippen LogP contribution in [-0.2, 0) is 12.7 Å². The van der Waals surface area contributed by atoms with Gasteiger partial charge in [-0.05, 0) is 48.0 Å². The van der Waals surface area contributed by atoms with Crippen LogP contribution in [0, 0.1) is 5.82 Å². The lowest BCUT2D eigenvalue weighted by molar-refractivity contribution is -0.137. The van der Waals surface area contributed by atoms with Crippen LogP contribution in [0.15, 0.2) is 67.1 Å². The molecule has 0 unspecified atom stereocenters. The molecule has 5 N–H and O–H groups in total. The van der Waals surface area contributed by atoms with Crippen molar-refractivity contribution in [3.05, 3.63) is 89.6 Å². The molecule has 1 amide bonds. The molecular formula is C25H18F4N8O. The summed E-state index contributed by atoms with van der Waals surface area (Å²) in [6, 6.07) is 10.9. The monoisotopic (exact) mass is 522 g/mol. The summed E-state index contributed by atoms with van der Waals surface area (Å²) in [6.07, 6.45) is -0.868. The summed E-state index contributed by atoms with van der Waals surface area (Å²) < 4.78 is 53.1. The van der Waals surface area contributed by atoms with E-state index in [1.807, 2.05) is 0 Å². The minimum absolute atomic E-state index is 0.0632. The van der Waals surface area contributed by atoms with Gasteiger partial charge in [0, 0.05) is 36.4 Å². The van der Waals surface area contributed by atoms with Gasteiger partial charge in [0.05, 0.1) is 22.2 Å².